The van der Waals surface area contributed by atoms with Gasteiger partial charge in [-0.25, -0.2) is 0 Å². The summed E-state index contributed by atoms with van der Waals surface area (Å²) in [7, 11) is 0. The minimum absolute atomic E-state index is 0.0708. The number of nitrogens with zero attached hydrogens (tertiary/aromatic N) is 2. The predicted octanol–water partition coefficient (Wildman–Crippen LogP) is 4.52. The van der Waals surface area contributed by atoms with Crippen molar-refractivity contribution in [2.75, 3.05) is 6.54 Å². The van der Waals surface area contributed by atoms with Gasteiger partial charge in [-0.2, -0.15) is 0 Å². The Morgan fingerprint density at radius 2 is 1.81 bits per heavy atom. The van der Waals surface area contributed by atoms with Crippen molar-refractivity contribution in [2.45, 2.75) is 6.54 Å². The number of hydrogen-bond acceptors (Lipinski definition) is 1. The number of aromatic nitrogens is 2. The number of benzene rings is 2. The van der Waals surface area contributed by atoms with Crippen molar-refractivity contribution in [3.8, 4) is 5.69 Å². The monoisotopic (exact) mass is 363 g/mol. The van der Waals surface area contributed by atoms with Crippen LogP contribution in [0.1, 0.15) is 10.4 Å². The van der Waals surface area contributed by atoms with E-state index in [1.807, 2.05) is 83.8 Å². The van der Waals surface area contributed by atoms with Crippen molar-refractivity contribution >= 4 is 28.4 Å². The number of rotatable bonds is 5. The maximum absolute atomic E-state index is 12.5. The Hall–Kier alpha value is -2.98. The third-order valence-corrected chi connectivity index (χ3v) is 4.62. The summed E-state index contributed by atoms with van der Waals surface area (Å²) in [5.41, 5.74) is 2.73. The van der Waals surface area contributed by atoms with Gasteiger partial charge in [0, 0.05) is 58.9 Å². The quantitative estimate of drug-likeness (QED) is 0.556. The van der Waals surface area contributed by atoms with E-state index in [0.717, 1.165) is 21.6 Å². The molecule has 130 valence electrons. The Bertz CT molecular complexity index is 1050. The average Bonchev–Trinajstić information content (AvgIpc) is 3.32. The van der Waals surface area contributed by atoms with Gasteiger partial charge in [0.1, 0.15) is 0 Å². The molecule has 5 heteroatoms. The second-order valence-electron chi connectivity index (χ2n) is 6.11. The zero-order valence-electron chi connectivity index (χ0n) is 14.1. The smallest absolute Gasteiger partial charge is 0.251 e. The molecule has 0 aliphatic carbocycles. The Balaban J connectivity index is 1.42. The Morgan fingerprint density at radius 1 is 0.962 bits per heavy atom. The van der Waals surface area contributed by atoms with Crippen LogP contribution in [-0.2, 0) is 6.54 Å². The van der Waals surface area contributed by atoms with Crippen LogP contribution in [0.5, 0.6) is 0 Å². The molecule has 2 heterocycles. The van der Waals surface area contributed by atoms with Crippen molar-refractivity contribution in [3.05, 3.63) is 89.8 Å². The first-order valence-corrected chi connectivity index (χ1v) is 8.84. The van der Waals surface area contributed by atoms with Gasteiger partial charge in [0.25, 0.3) is 5.91 Å². The van der Waals surface area contributed by atoms with E-state index in [2.05, 4.69) is 9.88 Å². The van der Waals surface area contributed by atoms with Gasteiger partial charge in [0.15, 0.2) is 0 Å². The molecule has 4 rings (SSSR count). The lowest BCUT2D eigenvalue weighted by atomic mass is 10.2. The molecule has 4 nitrogen and oxygen atoms in total. The van der Waals surface area contributed by atoms with Crippen molar-refractivity contribution < 1.29 is 4.79 Å². The largest absolute Gasteiger partial charge is 0.350 e. The second kappa shape index (κ2) is 7.10. The third-order valence-electron chi connectivity index (χ3n) is 4.38. The van der Waals surface area contributed by atoms with Gasteiger partial charge in [-0.3, -0.25) is 4.79 Å². The number of halogens is 1. The van der Waals surface area contributed by atoms with E-state index in [0.29, 0.717) is 18.7 Å². The summed E-state index contributed by atoms with van der Waals surface area (Å²) < 4.78 is 4.09. The molecule has 0 saturated carbocycles. The van der Waals surface area contributed by atoms with Crippen LogP contribution in [-0.4, -0.2) is 21.6 Å². The van der Waals surface area contributed by atoms with Gasteiger partial charge in [-0.05, 0) is 54.6 Å². The molecular weight excluding hydrogens is 346 g/mol. The second-order valence-corrected chi connectivity index (χ2v) is 6.55. The highest BCUT2D eigenvalue weighted by Gasteiger charge is 2.07. The molecule has 2 aromatic carbocycles. The number of carbonyl (C=O) groups excluding carboxylic acids is 1. The minimum Gasteiger partial charge on any atom is -0.350 e. The van der Waals surface area contributed by atoms with E-state index in [4.69, 9.17) is 11.6 Å². The van der Waals surface area contributed by atoms with Gasteiger partial charge < -0.3 is 14.5 Å². The first-order valence-electron chi connectivity index (χ1n) is 8.47. The Kier molecular flexibility index (Phi) is 4.50. The zero-order valence-corrected chi connectivity index (χ0v) is 14.9. The van der Waals surface area contributed by atoms with Crippen LogP contribution < -0.4 is 5.32 Å². The van der Waals surface area contributed by atoms with Crippen LogP contribution in [0.2, 0.25) is 5.02 Å². The summed E-state index contributed by atoms with van der Waals surface area (Å²) in [5, 5.41) is 4.82. The summed E-state index contributed by atoms with van der Waals surface area (Å²) in [6.45, 7) is 1.26. The number of fused-ring (bicyclic) bond motifs is 1. The van der Waals surface area contributed by atoms with Crippen LogP contribution in [0.25, 0.3) is 16.6 Å². The fraction of sp³-hybridized carbons (Fsp3) is 0.0952. The van der Waals surface area contributed by atoms with Crippen molar-refractivity contribution in [2.24, 2.45) is 0 Å². The van der Waals surface area contributed by atoms with Crippen LogP contribution in [0, 0.1) is 0 Å². The molecule has 0 aliphatic heterocycles. The van der Waals surface area contributed by atoms with E-state index >= 15 is 0 Å². The minimum atomic E-state index is -0.0708. The lowest BCUT2D eigenvalue weighted by Gasteiger charge is -2.09. The zero-order chi connectivity index (χ0) is 17.9. The molecule has 0 atom stereocenters. The molecule has 2 aromatic heterocycles. The molecule has 0 radical (unpaired) electrons. The maximum atomic E-state index is 12.5. The molecule has 0 saturated heterocycles. The third kappa shape index (κ3) is 3.37. The van der Waals surface area contributed by atoms with E-state index in [-0.39, 0.29) is 5.91 Å². The standard InChI is InChI=1S/C21H18ClN3O/c22-18-6-7-20-16(14-18)8-12-25(20)13-9-23-21(26)17-4-3-5-19(15-17)24-10-1-2-11-24/h1-8,10-12,14-15H,9,13H2,(H,23,26). The number of amides is 1. The highest BCUT2D eigenvalue weighted by molar-refractivity contribution is 6.31. The summed E-state index contributed by atoms with van der Waals surface area (Å²) >= 11 is 6.02. The number of carbonyl (C=O) groups is 1. The summed E-state index contributed by atoms with van der Waals surface area (Å²) in [6, 6.07) is 19.4. The molecule has 0 aliphatic rings. The molecule has 1 N–H and O–H groups in total. The fourth-order valence-electron chi connectivity index (χ4n) is 3.07. The first kappa shape index (κ1) is 16.5. The summed E-state index contributed by atoms with van der Waals surface area (Å²) in [5.74, 6) is -0.0708. The molecule has 1 amide bonds. The molecular formula is C21H18ClN3O. The summed E-state index contributed by atoms with van der Waals surface area (Å²) in [4.78, 5) is 12.5. The topological polar surface area (TPSA) is 39.0 Å². The van der Waals surface area contributed by atoms with Crippen LogP contribution in [0.15, 0.2) is 79.3 Å². The lowest BCUT2D eigenvalue weighted by Crippen LogP contribution is -2.27. The molecule has 4 aromatic rings. The van der Waals surface area contributed by atoms with E-state index in [1.165, 1.54) is 0 Å². The molecule has 0 bridgehead atoms. The van der Waals surface area contributed by atoms with E-state index < -0.39 is 0 Å². The van der Waals surface area contributed by atoms with E-state index in [9.17, 15) is 4.79 Å². The number of nitrogens with one attached hydrogen (secondary N) is 1. The van der Waals surface area contributed by atoms with Gasteiger partial charge >= 0.3 is 0 Å². The van der Waals surface area contributed by atoms with Gasteiger partial charge in [-0.15, -0.1) is 0 Å². The molecule has 0 unspecified atom stereocenters. The first-order chi connectivity index (χ1) is 12.7. The Labute approximate surface area is 156 Å². The van der Waals surface area contributed by atoms with Crippen LogP contribution >= 0.6 is 11.6 Å². The summed E-state index contributed by atoms with van der Waals surface area (Å²) in [6.07, 6.45) is 5.93. The lowest BCUT2D eigenvalue weighted by molar-refractivity contribution is 0.0952. The molecule has 26 heavy (non-hydrogen) atoms. The normalized spacial score (nSPS) is 11.0. The maximum Gasteiger partial charge on any atom is 0.251 e. The number of hydrogen-bond donors (Lipinski definition) is 1. The highest BCUT2D eigenvalue weighted by Crippen LogP contribution is 2.20. The fourth-order valence-corrected chi connectivity index (χ4v) is 3.25. The van der Waals surface area contributed by atoms with Crippen molar-refractivity contribution in [1.82, 2.24) is 14.5 Å². The van der Waals surface area contributed by atoms with E-state index in [1.54, 1.807) is 0 Å². The SMILES string of the molecule is O=C(NCCn1ccc2cc(Cl)ccc21)c1cccc(-n2cccc2)c1. The molecule has 0 spiro atoms. The van der Waals surface area contributed by atoms with Crippen LogP contribution in [0.4, 0.5) is 0 Å². The van der Waals surface area contributed by atoms with Gasteiger partial charge in [0.05, 0.1) is 0 Å². The molecule has 0 fully saturated rings. The highest BCUT2D eigenvalue weighted by atomic mass is 35.5. The Morgan fingerprint density at radius 3 is 2.65 bits per heavy atom. The predicted molar refractivity (Wildman–Crippen MR) is 105 cm³/mol. The van der Waals surface area contributed by atoms with Crippen LogP contribution in [0.3, 0.4) is 0 Å². The van der Waals surface area contributed by atoms with Gasteiger partial charge in [0.2, 0.25) is 0 Å². The van der Waals surface area contributed by atoms with Crippen molar-refractivity contribution in [3.63, 3.8) is 0 Å². The van der Waals surface area contributed by atoms with Crippen molar-refractivity contribution in [1.29, 1.82) is 0 Å². The van der Waals surface area contributed by atoms with Gasteiger partial charge in [-0.1, -0.05) is 17.7 Å². The average molecular weight is 364 g/mol.